The number of pyridine rings is 1. The van der Waals surface area contributed by atoms with Crippen LogP contribution in [0.3, 0.4) is 0 Å². The molecule has 0 fully saturated rings. The topological polar surface area (TPSA) is 143 Å². The molecule has 0 aliphatic rings. The SMILES string of the molecule is COc1nc(SCC(N=[N+]=[N-])c2cccnc2)cnc1NS(=O)(=O)c1cccc(Cl)c1Cl. The van der Waals surface area contributed by atoms with Gasteiger partial charge >= 0.3 is 0 Å². The van der Waals surface area contributed by atoms with Gasteiger partial charge in [-0.05, 0) is 29.3 Å². The second-order valence-electron chi connectivity index (χ2n) is 6.04. The number of ether oxygens (including phenoxy) is 1. The summed E-state index contributed by atoms with van der Waals surface area (Å²) in [7, 11) is -2.76. The number of azide groups is 1. The first-order valence-corrected chi connectivity index (χ1v) is 12.0. The summed E-state index contributed by atoms with van der Waals surface area (Å²) in [6.45, 7) is 0. The van der Waals surface area contributed by atoms with Crippen LogP contribution in [0.4, 0.5) is 5.82 Å². The summed E-state index contributed by atoms with van der Waals surface area (Å²) in [5.74, 6) is 0.196. The van der Waals surface area contributed by atoms with E-state index in [1.165, 1.54) is 43.3 Å². The summed E-state index contributed by atoms with van der Waals surface area (Å²) in [5, 5.41) is 4.22. The number of sulfonamides is 1. The van der Waals surface area contributed by atoms with E-state index in [1.54, 1.807) is 24.5 Å². The third kappa shape index (κ3) is 5.72. The highest BCUT2D eigenvalue weighted by molar-refractivity contribution is 7.99. The number of halogens is 2. The van der Waals surface area contributed by atoms with Gasteiger partial charge in [0.1, 0.15) is 9.92 Å². The predicted octanol–water partition coefficient (Wildman–Crippen LogP) is 5.13. The number of nitrogens with one attached hydrogen (secondary N) is 1. The molecule has 0 bridgehead atoms. The molecule has 0 spiro atoms. The first-order valence-electron chi connectivity index (χ1n) is 8.80. The Bertz CT molecular complexity index is 1260. The van der Waals surface area contributed by atoms with Crippen molar-refractivity contribution in [3.05, 3.63) is 75.0 Å². The molecule has 0 amide bonds. The third-order valence-electron chi connectivity index (χ3n) is 4.00. The van der Waals surface area contributed by atoms with Gasteiger partial charge in [0.15, 0.2) is 0 Å². The molecule has 14 heteroatoms. The van der Waals surface area contributed by atoms with E-state index in [-0.39, 0.29) is 26.6 Å². The molecule has 2 heterocycles. The summed E-state index contributed by atoms with van der Waals surface area (Å²) in [6, 6.07) is 7.33. The molecule has 0 saturated carbocycles. The molecule has 2 aromatic heterocycles. The average molecular weight is 512 g/mol. The highest BCUT2D eigenvalue weighted by Crippen LogP contribution is 2.32. The zero-order valence-corrected chi connectivity index (χ0v) is 19.5. The summed E-state index contributed by atoms with van der Waals surface area (Å²) in [6.07, 6.45) is 4.61. The molecule has 0 saturated heterocycles. The van der Waals surface area contributed by atoms with Gasteiger partial charge in [0, 0.05) is 23.1 Å². The summed E-state index contributed by atoms with van der Waals surface area (Å²) < 4.78 is 33.0. The van der Waals surface area contributed by atoms with Crippen LogP contribution in [-0.4, -0.2) is 36.2 Å². The minimum atomic E-state index is -4.10. The zero-order valence-electron chi connectivity index (χ0n) is 16.4. The van der Waals surface area contributed by atoms with Crippen molar-refractivity contribution >= 4 is 50.8 Å². The molecule has 1 aromatic carbocycles. The Morgan fingerprint density at radius 1 is 1.28 bits per heavy atom. The molecule has 3 aromatic rings. The van der Waals surface area contributed by atoms with Gasteiger partial charge in [-0.1, -0.05) is 40.4 Å². The maximum Gasteiger partial charge on any atom is 0.264 e. The predicted molar refractivity (Wildman–Crippen MR) is 123 cm³/mol. The Balaban J connectivity index is 1.80. The van der Waals surface area contributed by atoms with Crippen molar-refractivity contribution in [1.29, 1.82) is 0 Å². The first kappa shape index (κ1) is 23.9. The lowest BCUT2D eigenvalue weighted by molar-refractivity contribution is 0.394. The monoisotopic (exact) mass is 511 g/mol. The summed E-state index contributed by atoms with van der Waals surface area (Å²) >= 11 is 13.2. The van der Waals surface area contributed by atoms with Crippen LogP contribution in [-0.2, 0) is 10.0 Å². The van der Waals surface area contributed by atoms with Crippen LogP contribution >= 0.6 is 35.0 Å². The van der Waals surface area contributed by atoms with Gasteiger partial charge in [0.2, 0.25) is 5.82 Å². The number of nitrogens with zero attached hydrogens (tertiary/aromatic N) is 6. The van der Waals surface area contributed by atoms with Gasteiger partial charge in [-0.15, -0.1) is 11.8 Å². The Kier molecular flexibility index (Phi) is 7.99. The molecule has 1 N–H and O–H groups in total. The highest BCUT2D eigenvalue weighted by Gasteiger charge is 2.23. The Labute approximate surface area is 198 Å². The molecule has 0 aliphatic carbocycles. The molecular weight excluding hydrogens is 497 g/mol. The van der Waals surface area contributed by atoms with Gasteiger partial charge < -0.3 is 4.74 Å². The van der Waals surface area contributed by atoms with Crippen molar-refractivity contribution in [2.75, 3.05) is 17.6 Å². The second kappa shape index (κ2) is 10.7. The standard InChI is InChI=1S/C18H15Cl2N7O3S2/c1-30-18-17(26-32(28,29)14-6-2-5-12(19)16(14)20)23-9-15(24-18)31-10-13(25-27-21)11-4-3-7-22-8-11/h2-9,13H,10H2,1H3,(H,23,26). The first-order chi connectivity index (χ1) is 15.4. The van der Waals surface area contributed by atoms with Crippen molar-refractivity contribution in [2.45, 2.75) is 16.0 Å². The second-order valence-corrected chi connectivity index (χ2v) is 9.52. The minimum Gasteiger partial charge on any atom is -0.478 e. The van der Waals surface area contributed by atoms with E-state index in [1.807, 2.05) is 0 Å². The number of thioether (sulfide) groups is 1. The largest absolute Gasteiger partial charge is 0.478 e. The van der Waals surface area contributed by atoms with Gasteiger partial charge in [-0.25, -0.2) is 18.4 Å². The zero-order chi connectivity index (χ0) is 23.1. The lowest BCUT2D eigenvalue weighted by Gasteiger charge is -2.13. The lowest BCUT2D eigenvalue weighted by Crippen LogP contribution is -2.16. The molecule has 166 valence electrons. The molecule has 1 unspecified atom stereocenters. The van der Waals surface area contributed by atoms with Gasteiger partial charge in [-0.3, -0.25) is 9.71 Å². The Morgan fingerprint density at radius 2 is 2.09 bits per heavy atom. The minimum absolute atomic E-state index is 0.0431. The smallest absolute Gasteiger partial charge is 0.264 e. The van der Waals surface area contributed by atoms with Crippen LogP contribution in [0.2, 0.25) is 10.0 Å². The van der Waals surface area contributed by atoms with E-state index in [4.69, 9.17) is 33.5 Å². The maximum atomic E-state index is 12.7. The maximum absolute atomic E-state index is 12.7. The van der Waals surface area contributed by atoms with Crippen molar-refractivity contribution in [2.24, 2.45) is 5.11 Å². The molecule has 0 radical (unpaired) electrons. The molecule has 1 atom stereocenters. The van der Waals surface area contributed by atoms with E-state index in [2.05, 4.69) is 29.7 Å². The van der Waals surface area contributed by atoms with Crippen molar-refractivity contribution < 1.29 is 13.2 Å². The van der Waals surface area contributed by atoms with Gasteiger partial charge in [-0.2, -0.15) is 0 Å². The number of methoxy groups -OCH3 is 1. The molecule has 10 nitrogen and oxygen atoms in total. The van der Waals surface area contributed by atoms with Crippen molar-refractivity contribution in [3.63, 3.8) is 0 Å². The number of hydrogen-bond donors (Lipinski definition) is 1. The van der Waals surface area contributed by atoms with Gasteiger partial charge in [0.25, 0.3) is 15.9 Å². The van der Waals surface area contributed by atoms with Crippen molar-refractivity contribution in [1.82, 2.24) is 15.0 Å². The van der Waals surface area contributed by atoms with Crippen LogP contribution in [0.15, 0.2) is 64.0 Å². The van der Waals surface area contributed by atoms with Gasteiger partial charge in [0.05, 0.1) is 29.4 Å². The summed E-state index contributed by atoms with van der Waals surface area (Å²) in [4.78, 5) is 15.1. The van der Waals surface area contributed by atoms with E-state index >= 15 is 0 Å². The van der Waals surface area contributed by atoms with E-state index < -0.39 is 16.1 Å². The summed E-state index contributed by atoms with van der Waals surface area (Å²) in [5.41, 5.74) is 9.60. The normalized spacial score (nSPS) is 12.0. The average Bonchev–Trinajstić information content (AvgIpc) is 2.79. The van der Waals surface area contributed by atoms with Crippen LogP contribution in [0.1, 0.15) is 11.6 Å². The fraction of sp³-hybridized carbons (Fsp3) is 0.167. The molecular formula is C18H15Cl2N7O3S2. The lowest BCUT2D eigenvalue weighted by atomic mass is 10.2. The fourth-order valence-corrected chi connectivity index (χ4v) is 5.14. The van der Waals surface area contributed by atoms with Crippen LogP contribution < -0.4 is 9.46 Å². The van der Waals surface area contributed by atoms with Crippen molar-refractivity contribution in [3.8, 4) is 5.88 Å². The number of rotatable bonds is 9. The van der Waals surface area contributed by atoms with Crippen LogP contribution in [0, 0.1) is 0 Å². The van der Waals surface area contributed by atoms with E-state index in [0.717, 1.165) is 5.56 Å². The number of hydrogen-bond acceptors (Lipinski definition) is 8. The fourth-order valence-electron chi connectivity index (χ4n) is 2.51. The van der Waals surface area contributed by atoms with E-state index in [0.29, 0.717) is 10.8 Å². The number of anilines is 1. The molecule has 0 aliphatic heterocycles. The molecule has 3 rings (SSSR count). The number of benzene rings is 1. The van der Waals surface area contributed by atoms with Crippen LogP contribution in [0.5, 0.6) is 5.88 Å². The Morgan fingerprint density at radius 3 is 2.78 bits per heavy atom. The Hall–Kier alpha value is -2.76. The molecule has 32 heavy (non-hydrogen) atoms. The quantitative estimate of drug-likeness (QED) is 0.181. The van der Waals surface area contributed by atoms with Crippen LogP contribution in [0.25, 0.3) is 10.4 Å². The highest BCUT2D eigenvalue weighted by atomic mass is 35.5. The third-order valence-corrected chi connectivity index (χ3v) is 7.28. The van der Waals surface area contributed by atoms with E-state index in [9.17, 15) is 8.42 Å². The number of aromatic nitrogens is 3.